The average molecular weight is 298 g/mol. The molecule has 1 aliphatic heterocycles. The zero-order valence-electron chi connectivity index (χ0n) is 14.1. The van der Waals surface area contributed by atoms with Gasteiger partial charge in [-0.25, -0.2) is 0 Å². The molecule has 2 nitrogen and oxygen atoms in total. The van der Waals surface area contributed by atoms with Crippen molar-refractivity contribution in [1.82, 2.24) is 10.6 Å². The first-order chi connectivity index (χ1) is 10.6. The third-order valence-corrected chi connectivity index (χ3v) is 5.66. The molecule has 3 rings (SSSR count). The quantitative estimate of drug-likeness (QED) is 0.825. The number of hydrogen-bond donors (Lipinski definition) is 2. The van der Waals surface area contributed by atoms with Gasteiger partial charge in [0, 0.05) is 19.0 Å². The van der Waals surface area contributed by atoms with E-state index in [1.807, 2.05) is 0 Å². The molecule has 22 heavy (non-hydrogen) atoms. The second-order valence-electron chi connectivity index (χ2n) is 7.36. The van der Waals surface area contributed by atoms with Gasteiger partial charge in [0.2, 0.25) is 0 Å². The number of nitrogens with one attached hydrogen (secondary N) is 2. The molecule has 0 amide bonds. The highest BCUT2D eigenvalue weighted by atomic mass is 15.2. The molecule has 1 saturated heterocycles. The summed E-state index contributed by atoms with van der Waals surface area (Å²) in [6.07, 6.45) is 5.81. The predicted octanol–water partition coefficient (Wildman–Crippen LogP) is 3.98. The summed E-state index contributed by atoms with van der Waals surface area (Å²) in [6.45, 7) is 10.7. The minimum Gasteiger partial charge on any atom is -0.301 e. The SMILES string of the molecule is C=C(C)C1CCC(C2NCC(c3ccc(C)cc3)CN2)CC1. The van der Waals surface area contributed by atoms with Crippen LogP contribution in [0.5, 0.6) is 0 Å². The van der Waals surface area contributed by atoms with Crippen LogP contribution in [0, 0.1) is 18.8 Å². The van der Waals surface area contributed by atoms with E-state index in [1.165, 1.54) is 42.4 Å². The summed E-state index contributed by atoms with van der Waals surface area (Å²) in [7, 11) is 0. The van der Waals surface area contributed by atoms with Crippen molar-refractivity contribution < 1.29 is 0 Å². The standard InChI is InChI=1S/C20H30N2/c1-14(2)16-8-10-18(11-9-16)20-21-12-19(13-22-20)17-6-4-15(3)5-7-17/h4-7,16,18-22H,1,8-13H2,2-3H3. The highest BCUT2D eigenvalue weighted by molar-refractivity contribution is 5.25. The van der Waals surface area contributed by atoms with E-state index in [2.05, 4.69) is 55.3 Å². The summed E-state index contributed by atoms with van der Waals surface area (Å²) in [4.78, 5) is 0. The smallest absolute Gasteiger partial charge is 0.0601 e. The Hall–Kier alpha value is -1.12. The van der Waals surface area contributed by atoms with E-state index < -0.39 is 0 Å². The van der Waals surface area contributed by atoms with Crippen LogP contribution in [0.1, 0.15) is 49.7 Å². The Kier molecular flexibility index (Phi) is 5.00. The second-order valence-corrected chi connectivity index (χ2v) is 7.36. The molecule has 0 unspecified atom stereocenters. The van der Waals surface area contributed by atoms with Gasteiger partial charge in [-0.15, -0.1) is 0 Å². The van der Waals surface area contributed by atoms with Crippen LogP contribution in [0.4, 0.5) is 0 Å². The van der Waals surface area contributed by atoms with E-state index in [0.717, 1.165) is 24.9 Å². The molecular weight excluding hydrogens is 268 g/mol. The molecule has 2 fully saturated rings. The molecule has 2 heteroatoms. The highest BCUT2D eigenvalue weighted by Gasteiger charge is 2.30. The van der Waals surface area contributed by atoms with Crippen molar-refractivity contribution in [3.8, 4) is 0 Å². The van der Waals surface area contributed by atoms with E-state index >= 15 is 0 Å². The van der Waals surface area contributed by atoms with Gasteiger partial charge in [-0.05, 0) is 56.9 Å². The lowest BCUT2D eigenvalue weighted by atomic mass is 9.77. The molecule has 120 valence electrons. The van der Waals surface area contributed by atoms with Gasteiger partial charge in [0.25, 0.3) is 0 Å². The third kappa shape index (κ3) is 3.61. The molecule has 0 bridgehead atoms. The van der Waals surface area contributed by atoms with Gasteiger partial charge in [0.05, 0.1) is 6.17 Å². The first-order valence-corrected chi connectivity index (χ1v) is 8.82. The molecule has 0 spiro atoms. The summed E-state index contributed by atoms with van der Waals surface area (Å²) < 4.78 is 0. The second kappa shape index (κ2) is 6.97. The maximum atomic E-state index is 4.13. The van der Waals surface area contributed by atoms with Crippen LogP contribution in [0.2, 0.25) is 0 Å². The zero-order chi connectivity index (χ0) is 15.5. The van der Waals surface area contributed by atoms with Gasteiger partial charge in [-0.3, -0.25) is 0 Å². The van der Waals surface area contributed by atoms with E-state index in [0.29, 0.717) is 12.1 Å². The molecule has 1 aromatic rings. The minimum atomic E-state index is 0.507. The number of aryl methyl sites for hydroxylation is 1. The largest absolute Gasteiger partial charge is 0.301 e. The third-order valence-electron chi connectivity index (χ3n) is 5.66. The van der Waals surface area contributed by atoms with Crippen LogP contribution in [-0.2, 0) is 0 Å². The van der Waals surface area contributed by atoms with Gasteiger partial charge in [-0.1, -0.05) is 42.0 Å². The van der Waals surface area contributed by atoms with Crippen molar-refractivity contribution in [3.05, 3.63) is 47.5 Å². The summed E-state index contributed by atoms with van der Waals surface area (Å²) in [5.41, 5.74) is 4.17. The highest BCUT2D eigenvalue weighted by Crippen LogP contribution is 2.34. The van der Waals surface area contributed by atoms with Crippen LogP contribution in [-0.4, -0.2) is 19.3 Å². The molecular formula is C20H30N2. The Morgan fingerprint density at radius 2 is 1.59 bits per heavy atom. The van der Waals surface area contributed by atoms with E-state index in [-0.39, 0.29) is 0 Å². The molecule has 0 aromatic heterocycles. The fourth-order valence-electron chi connectivity index (χ4n) is 4.04. The fraction of sp³-hybridized carbons (Fsp3) is 0.600. The van der Waals surface area contributed by atoms with Crippen molar-refractivity contribution >= 4 is 0 Å². The maximum Gasteiger partial charge on any atom is 0.0601 e. The molecule has 0 atom stereocenters. The molecule has 1 aromatic carbocycles. The Morgan fingerprint density at radius 3 is 2.14 bits per heavy atom. The number of rotatable bonds is 3. The minimum absolute atomic E-state index is 0.507. The van der Waals surface area contributed by atoms with E-state index in [4.69, 9.17) is 0 Å². The lowest BCUT2D eigenvalue weighted by Crippen LogP contribution is -2.55. The zero-order valence-corrected chi connectivity index (χ0v) is 14.1. The van der Waals surface area contributed by atoms with Crippen molar-refractivity contribution in [2.45, 2.75) is 51.6 Å². The molecule has 1 aliphatic carbocycles. The van der Waals surface area contributed by atoms with Gasteiger partial charge in [0.15, 0.2) is 0 Å². The van der Waals surface area contributed by atoms with Crippen LogP contribution >= 0.6 is 0 Å². The van der Waals surface area contributed by atoms with Crippen molar-refractivity contribution in [2.75, 3.05) is 13.1 Å². The van der Waals surface area contributed by atoms with Gasteiger partial charge in [-0.2, -0.15) is 0 Å². The van der Waals surface area contributed by atoms with Gasteiger partial charge >= 0.3 is 0 Å². The van der Waals surface area contributed by atoms with Crippen molar-refractivity contribution in [1.29, 1.82) is 0 Å². The number of benzene rings is 1. The molecule has 1 saturated carbocycles. The summed E-state index contributed by atoms with van der Waals surface area (Å²) >= 11 is 0. The van der Waals surface area contributed by atoms with Crippen LogP contribution in [0.3, 0.4) is 0 Å². The van der Waals surface area contributed by atoms with E-state index in [1.54, 1.807) is 0 Å². The average Bonchev–Trinajstić information content (AvgIpc) is 2.56. The number of hydrogen-bond acceptors (Lipinski definition) is 2. The van der Waals surface area contributed by atoms with Crippen molar-refractivity contribution in [2.24, 2.45) is 11.8 Å². The van der Waals surface area contributed by atoms with Gasteiger partial charge in [0.1, 0.15) is 0 Å². The Balaban J connectivity index is 1.50. The predicted molar refractivity (Wildman–Crippen MR) is 94.0 cm³/mol. The molecule has 2 aliphatic rings. The Bertz CT molecular complexity index is 489. The Morgan fingerprint density at radius 1 is 1.00 bits per heavy atom. The molecule has 2 N–H and O–H groups in total. The molecule has 0 radical (unpaired) electrons. The normalized spacial score (nSPS) is 32.6. The lowest BCUT2D eigenvalue weighted by molar-refractivity contribution is 0.187. The van der Waals surface area contributed by atoms with Crippen LogP contribution < -0.4 is 10.6 Å². The molecule has 1 heterocycles. The Labute approximate surface area is 135 Å². The van der Waals surface area contributed by atoms with E-state index in [9.17, 15) is 0 Å². The monoisotopic (exact) mass is 298 g/mol. The first-order valence-electron chi connectivity index (χ1n) is 8.82. The summed E-state index contributed by atoms with van der Waals surface area (Å²) in [5, 5.41) is 7.53. The first kappa shape index (κ1) is 15.8. The van der Waals surface area contributed by atoms with Crippen LogP contribution in [0.15, 0.2) is 36.4 Å². The van der Waals surface area contributed by atoms with Crippen molar-refractivity contribution in [3.63, 3.8) is 0 Å². The number of allylic oxidation sites excluding steroid dienone is 1. The van der Waals surface area contributed by atoms with Crippen LogP contribution in [0.25, 0.3) is 0 Å². The summed E-state index contributed by atoms with van der Waals surface area (Å²) in [6, 6.07) is 9.00. The fourth-order valence-corrected chi connectivity index (χ4v) is 4.04. The van der Waals surface area contributed by atoms with Gasteiger partial charge < -0.3 is 10.6 Å². The summed E-state index contributed by atoms with van der Waals surface area (Å²) in [5.74, 6) is 2.15. The maximum absolute atomic E-state index is 4.13. The topological polar surface area (TPSA) is 24.1 Å². The lowest BCUT2D eigenvalue weighted by Gasteiger charge is -2.39.